The van der Waals surface area contributed by atoms with Crippen LogP contribution in [-0.4, -0.2) is 62.8 Å². The quantitative estimate of drug-likeness (QED) is 0.366. The Morgan fingerprint density at radius 2 is 1.82 bits per heavy atom. The third-order valence-corrected chi connectivity index (χ3v) is 7.63. The zero-order valence-electron chi connectivity index (χ0n) is 22.2. The molecule has 5 aromatic rings. The Balaban J connectivity index is 1.52. The lowest BCUT2D eigenvalue weighted by Gasteiger charge is -2.32. The van der Waals surface area contributed by atoms with Gasteiger partial charge in [-0.2, -0.15) is 5.10 Å². The number of nitrogen functional groups attached to an aromatic ring is 1. The summed E-state index contributed by atoms with van der Waals surface area (Å²) in [6.07, 6.45) is 1.39. The summed E-state index contributed by atoms with van der Waals surface area (Å²) in [6, 6.07) is 11.9. The Morgan fingerprint density at radius 3 is 2.59 bits per heavy atom. The van der Waals surface area contributed by atoms with Gasteiger partial charge in [-0.1, -0.05) is 24.3 Å². The van der Waals surface area contributed by atoms with E-state index in [0.29, 0.717) is 45.8 Å². The molecule has 1 aliphatic heterocycles. The lowest BCUT2D eigenvalue weighted by molar-refractivity contribution is 0.147. The summed E-state index contributed by atoms with van der Waals surface area (Å²) in [7, 11) is 2.10. The fourth-order valence-corrected chi connectivity index (χ4v) is 5.46. The molecule has 1 atom stereocenters. The molecule has 2 aromatic carbocycles. The fraction of sp³-hybridized carbons (Fsp3) is 0.310. The molecule has 2 N–H and O–H groups in total. The smallest absolute Gasteiger partial charge is 0.343 e. The first kappa shape index (κ1) is 25.1. The van der Waals surface area contributed by atoms with Crippen molar-refractivity contribution in [2.24, 2.45) is 0 Å². The number of hydrogen-bond acceptors (Lipinski definition) is 8. The number of aryl methyl sites for hydroxylation is 1. The van der Waals surface area contributed by atoms with E-state index in [2.05, 4.69) is 31.9 Å². The average molecular weight is 528 g/mol. The molecule has 39 heavy (non-hydrogen) atoms. The van der Waals surface area contributed by atoms with Crippen molar-refractivity contribution in [3.8, 4) is 11.1 Å². The molecule has 1 fully saturated rings. The van der Waals surface area contributed by atoms with Crippen LogP contribution >= 0.6 is 0 Å². The number of aromatic nitrogens is 4. The van der Waals surface area contributed by atoms with Crippen LogP contribution < -0.4 is 11.4 Å². The summed E-state index contributed by atoms with van der Waals surface area (Å²) in [5.41, 5.74) is 8.99. The summed E-state index contributed by atoms with van der Waals surface area (Å²) in [5, 5.41) is 6.54. The van der Waals surface area contributed by atoms with E-state index in [1.807, 2.05) is 32.0 Å². The van der Waals surface area contributed by atoms with E-state index in [9.17, 15) is 4.79 Å². The maximum atomic E-state index is 15.1. The molecule has 0 radical (unpaired) electrons. The van der Waals surface area contributed by atoms with Gasteiger partial charge in [-0.05, 0) is 44.7 Å². The summed E-state index contributed by atoms with van der Waals surface area (Å²) in [5.74, 6) is 0.496. The summed E-state index contributed by atoms with van der Waals surface area (Å²) >= 11 is 0. The second kappa shape index (κ2) is 9.87. The van der Waals surface area contributed by atoms with Gasteiger partial charge in [0, 0.05) is 49.2 Å². The third-order valence-electron chi connectivity index (χ3n) is 7.63. The van der Waals surface area contributed by atoms with E-state index < -0.39 is 11.7 Å². The molecule has 3 aromatic heterocycles. The number of likely N-dealkylation sites (N-methyl/N-ethyl adjacent to an activating group) is 1. The van der Waals surface area contributed by atoms with Gasteiger partial charge in [-0.3, -0.25) is 4.90 Å². The third kappa shape index (κ3) is 4.45. The largest absolute Gasteiger partial charge is 0.424 e. The zero-order chi connectivity index (χ0) is 27.3. The van der Waals surface area contributed by atoms with Crippen molar-refractivity contribution >= 4 is 27.6 Å². The lowest BCUT2D eigenvalue weighted by atomic mass is 9.94. The van der Waals surface area contributed by atoms with E-state index in [-0.39, 0.29) is 5.82 Å². The summed E-state index contributed by atoms with van der Waals surface area (Å²) in [6.45, 7) is 7.89. The van der Waals surface area contributed by atoms with Crippen LogP contribution in [0.25, 0.3) is 32.9 Å². The van der Waals surface area contributed by atoms with Gasteiger partial charge in [0.1, 0.15) is 29.8 Å². The number of nitrogens with two attached hydrogens (primary N) is 1. The van der Waals surface area contributed by atoms with Crippen molar-refractivity contribution in [3.05, 3.63) is 82.0 Å². The standard InChI is InChI=1S/C29H30FN7O2/c1-17-24-27(31)32-16-33-28(24)37(34-17)18(2)26-25(21-6-4-5-7-22(21)29(38)39-26)19-8-9-23(30)20(14-19)15-36-12-10-35(3)11-13-36/h4-9,14,16,18H,10-13,15H2,1-3H3,(H2,31,32,33). The molecule has 0 spiro atoms. The van der Waals surface area contributed by atoms with Crippen LogP contribution in [-0.2, 0) is 6.54 Å². The number of rotatable bonds is 5. The van der Waals surface area contributed by atoms with Gasteiger partial charge in [-0.15, -0.1) is 0 Å². The lowest BCUT2D eigenvalue weighted by Crippen LogP contribution is -2.44. The molecule has 1 aliphatic rings. The highest BCUT2D eigenvalue weighted by Gasteiger charge is 2.26. The molecular weight excluding hydrogens is 497 g/mol. The van der Waals surface area contributed by atoms with Gasteiger partial charge in [-0.25, -0.2) is 23.8 Å². The monoisotopic (exact) mass is 527 g/mol. The zero-order valence-corrected chi connectivity index (χ0v) is 22.2. The van der Waals surface area contributed by atoms with Crippen molar-refractivity contribution in [1.82, 2.24) is 29.5 Å². The Morgan fingerprint density at radius 1 is 1.08 bits per heavy atom. The van der Waals surface area contributed by atoms with Crippen molar-refractivity contribution in [2.45, 2.75) is 26.4 Å². The van der Waals surface area contributed by atoms with Gasteiger partial charge >= 0.3 is 5.63 Å². The molecule has 1 unspecified atom stereocenters. The first-order valence-electron chi connectivity index (χ1n) is 13.0. The molecule has 6 rings (SSSR count). The number of halogens is 1. The molecule has 4 heterocycles. The van der Waals surface area contributed by atoms with Crippen LogP contribution in [0.5, 0.6) is 0 Å². The number of fused-ring (bicyclic) bond motifs is 2. The second-order valence-corrected chi connectivity index (χ2v) is 10.2. The molecule has 0 amide bonds. The van der Waals surface area contributed by atoms with Crippen LogP contribution in [0.4, 0.5) is 10.2 Å². The number of piperazine rings is 1. The van der Waals surface area contributed by atoms with E-state index in [1.165, 1.54) is 12.4 Å². The Bertz CT molecular complexity index is 1750. The van der Waals surface area contributed by atoms with Crippen LogP contribution in [0.1, 0.15) is 30.0 Å². The van der Waals surface area contributed by atoms with Gasteiger partial charge in [0.05, 0.1) is 16.5 Å². The van der Waals surface area contributed by atoms with Crippen molar-refractivity contribution < 1.29 is 8.81 Å². The summed E-state index contributed by atoms with van der Waals surface area (Å²) < 4.78 is 22.8. The number of nitrogens with zero attached hydrogens (tertiary/aromatic N) is 6. The van der Waals surface area contributed by atoms with Crippen molar-refractivity contribution in [1.29, 1.82) is 0 Å². The molecular formula is C29H30FN7O2. The Labute approximate surface area is 224 Å². The number of hydrogen-bond donors (Lipinski definition) is 1. The van der Waals surface area contributed by atoms with Crippen molar-refractivity contribution in [3.63, 3.8) is 0 Å². The molecule has 0 aliphatic carbocycles. The highest BCUT2D eigenvalue weighted by Crippen LogP contribution is 2.37. The molecule has 0 saturated carbocycles. The highest BCUT2D eigenvalue weighted by molar-refractivity contribution is 5.97. The van der Waals surface area contributed by atoms with Gasteiger partial charge < -0.3 is 15.1 Å². The highest BCUT2D eigenvalue weighted by atomic mass is 19.1. The van der Waals surface area contributed by atoms with E-state index in [1.54, 1.807) is 22.9 Å². The minimum atomic E-state index is -0.519. The van der Waals surface area contributed by atoms with E-state index in [4.69, 9.17) is 10.2 Å². The van der Waals surface area contributed by atoms with Crippen LogP contribution in [0, 0.1) is 12.7 Å². The first-order valence-corrected chi connectivity index (χ1v) is 13.0. The predicted molar refractivity (Wildman–Crippen MR) is 149 cm³/mol. The SMILES string of the molecule is Cc1nn(C(C)c2oc(=O)c3ccccc3c2-c2ccc(F)c(CN3CCN(C)CC3)c2)c2ncnc(N)c12. The van der Waals surface area contributed by atoms with Gasteiger partial charge in [0.2, 0.25) is 0 Å². The van der Waals surface area contributed by atoms with Gasteiger partial charge in [0.15, 0.2) is 5.65 Å². The second-order valence-electron chi connectivity index (χ2n) is 10.2. The maximum Gasteiger partial charge on any atom is 0.343 e. The number of anilines is 1. The Hall–Kier alpha value is -4.15. The van der Waals surface area contributed by atoms with Crippen LogP contribution in [0.15, 0.2) is 58.0 Å². The van der Waals surface area contributed by atoms with E-state index in [0.717, 1.165) is 42.7 Å². The molecule has 1 saturated heterocycles. The predicted octanol–water partition coefficient (Wildman–Crippen LogP) is 3.99. The molecule has 0 bridgehead atoms. The minimum Gasteiger partial charge on any atom is -0.424 e. The summed E-state index contributed by atoms with van der Waals surface area (Å²) in [4.78, 5) is 26.2. The molecule has 200 valence electrons. The van der Waals surface area contributed by atoms with Crippen LogP contribution in [0.3, 0.4) is 0 Å². The van der Waals surface area contributed by atoms with E-state index >= 15 is 4.39 Å². The topological polar surface area (TPSA) is 106 Å². The van der Waals surface area contributed by atoms with Crippen molar-refractivity contribution in [2.75, 3.05) is 39.0 Å². The Kier molecular flexibility index (Phi) is 6.36. The van der Waals surface area contributed by atoms with Crippen LogP contribution in [0.2, 0.25) is 0 Å². The molecule has 10 heteroatoms. The minimum absolute atomic E-state index is 0.255. The fourth-order valence-electron chi connectivity index (χ4n) is 5.46. The normalized spacial score (nSPS) is 15.8. The first-order chi connectivity index (χ1) is 18.8. The number of benzene rings is 2. The molecule has 9 nitrogen and oxygen atoms in total. The average Bonchev–Trinajstić information content (AvgIpc) is 3.28. The van der Waals surface area contributed by atoms with Gasteiger partial charge in [0.25, 0.3) is 0 Å². The maximum absolute atomic E-state index is 15.1.